The first kappa shape index (κ1) is 21.8. The van der Waals surface area contributed by atoms with Crippen LogP contribution in [-0.2, 0) is 9.59 Å². The summed E-state index contributed by atoms with van der Waals surface area (Å²) in [6.07, 6.45) is 2.89. The van der Waals surface area contributed by atoms with E-state index >= 15 is 0 Å². The fourth-order valence-electron chi connectivity index (χ4n) is 4.41. The second kappa shape index (κ2) is 8.70. The van der Waals surface area contributed by atoms with Crippen molar-refractivity contribution >= 4 is 39.9 Å². The van der Waals surface area contributed by atoms with Gasteiger partial charge in [0.2, 0.25) is 5.91 Å². The fourth-order valence-corrected chi connectivity index (χ4v) is 4.41. The molecule has 2 aromatic carbocycles. The van der Waals surface area contributed by atoms with E-state index in [1.54, 1.807) is 31.1 Å². The molecule has 8 heteroatoms. The number of nitrogens with zero attached hydrogens (tertiary/aromatic N) is 3. The van der Waals surface area contributed by atoms with Crippen LogP contribution >= 0.6 is 0 Å². The smallest absolute Gasteiger partial charge is 0.269 e. The molecule has 3 aromatic rings. The van der Waals surface area contributed by atoms with E-state index in [9.17, 15) is 14.4 Å². The second-order valence-corrected chi connectivity index (χ2v) is 8.75. The summed E-state index contributed by atoms with van der Waals surface area (Å²) in [5, 5.41) is 0.961. The Balaban J connectivity index is 1.32. The molecule has 0 saturated carbocycles. The highest BCUT2D eigenvalue weighted by molar-refractivity contribution is 6.02. The summed E-state index contributed by atoms with van der Waals surface area (Å²) in [6.45, 7) is 0.992. The zero-order valence-corrected chi connectivity index (χ0v) is 19.2. The highest BCUT2D eigenvalue weighted by Gasteiger charge is 2.29. The average Bonchev–Trinajstić information content (AvgIpc) is 3.28. The first-order valence-corrected chi connectivity index (χ1v) is 11.2. The number of H-pyrrole nitrogens is 1. The van der Waals surface area contributed by atoms with Gasteiger partial charge in [0.15, 0.2) is 6.61 Å². The SMILES string of the molecule is CN(C)C(=O)c1cc2ccc(C3=CCCN(C(=O)CN4C(=O)COc5ccccc54)C3)cc2[nH]1. The molecule has 0 radical (unpaired) electrons. The Bertz CT molecular complexity index is 1320. The third kappa shape index (κ3) is 4.03. The summed E-state index contributed by atoms with van der Waals surface area (Å²) in [5.41, 5.74) is 4.10. The summed E-state index contributed by atoms with van der Waals surface area (Å²) in [4.78, 5) is 46.0. The molecular weight excluding hydrogens is 432 g/mol. The molecule has 2 aliphatic heterocycles. The highest BCUT2D eigenvalue weighted by Crippen LogP contribution is 2.32. The standard InChI is InChI=1S/C26H26N4O4/c1-28(2)26(33)21-13-18-10-9-17(12-20(18)27-21)19-6-5-11-29(14-19)24(31)15-30-22-7-3-4-8-23(22)34-16-25(30)32/h3-4,6-10,12-13,27H,5,11,14-16H2,1-2H3. The Morgan fingerprint density at radius 3 is 2.76 bits per heavy atom. The van der Waals surface area contributed by atoms with Gasteiger partial charge in [0, 0.05) is 38.1 Å². The molecule has 5 rings (SSSR count). The largest absolute Gasteiger partial charge is 0.482 e. The van der Waals surface area contributed by atoms with E-state index in [-0.39, 0.29) is 30.9 Å². The summed E-state index contributed by atoms with van der Waals surface area (Å²) in [7, 11) is 3.45. The Morgan fingerprint density at radius 1 is 1.12 bits per heavy atom. The molecule has 2 aliphatic rings. The lowest BCUT2D eigenvalue weighted by Gasteiger charge is -2.33. The van der Waals surface area contributed by atoms with Crippen molar-refractivity contribution in [3.63, 3.8) is 0 Å². The van der Waals surface area contributed by atoms with Gasteiger partial charge >= 0.3 is 0 Å². The normalized spacial score (nSPS) is 15.6. The number of rotatable bonds is 4. The van der Waals surface area contributed by atoms with Gasteiger partial charge in [-0.15, -0.1) is 0 Å². The van der Waals surface area contributed by atoms with Crippen molar-refractivity contribution < 1.29 is 19.1 Å². The van der Waals surface area contributed by atoms with Gasteiger partial charge in [0.05, 0.1) is 5.69 Å². The van der Waals surface area contributed by atoms with E-state index in [1.807, 2.05) is 36.4 Å². The zero-order valence-electron chi connectivity index (χ0n) is 19.2. The number of para-hydroxylation sites is 2. The summed E-state index contributed by atoms with van der Waals surface area (Å²) < 4.78 is 5.48. The average molecular weight is 459 g/mol. The lowest BCUT2D eigenvalue weighted by Crippen LogP contribution is -2.47. The van der Waals surface area contributed by atoms with Gasteiger partial charge in [0.1, 0.15) is 18.0 Å². The summed E-state index contributed by atoms with van der Waals surface area (Å²) in [6, 6.07) is 15.1. The van der Waals surface area contributed by atoms with Crippen molar-refractivity contribution in [1.82, 2.24) is 14.8 Å². The van der Waals surface area contributed by atoms with E-state index in [0.29, 0.717) is 30.2 Å². The van der Waals surface area contributed by atoms with Crippen LogP contribution in [0.3, 0.4) is 0 Å². The number of nitrogens with one attached hydrogen (secondary N) is 1. The Morgan fingerprint density at radius 2 is 1.94 bits per heavy atom. The minimum Gasteiger partial charge on any atom is -0.482 e. The molecule has 1 N–H and O–H groups in total. The minimum atomic E-state index is -0.222. The first-order valence-electron chi connectivity index (χ1n) is 11.2. The molecule has 0 spiro atoms. The van der Waals surface area contributed by atoms with E-state index in [0.717, 1.165) is 28.5 Å². The number of hydrogen-bond acceptors (Lipinski definition) is 4. The van der Waals surface area contributed by atoms with Crippen molar-refractivity contribution in [1.29, 1.82) is 0 Å². The van der Waals surface area contributed by atoms with Crippen LogP contribution in [0, 0.1) is 0 Å². The lowest BCUT2D eigenvalue weighted by atomic mass is 10.00. The van der Waals surface area contributed by atoms with Crippen LogP contribution in [0.2, 0.25) is 0 Å². The van der Waals surface area contributed by atoms with E-state index in [4.69, 9.17) is 4.74 Å². The Kier molecular flexibility index (Phi) is 5.57. The topological polar surface area (TPSA) is 86.0 Å². The van der Waals surface area contributed by atoms with Crippen molar-refractivity contribution in [3.05, 3.63) is 65.9 Å². The highest BCUT2D eigenvalue weighted by atomic mass is 16.5. The van der Waals surface area contributed by atoms with Crippen LogP contribution in [0.25, 0.3) is 16.5 Å². The van der Waals surface area contributed by atoms with Gasteiger partial charge in [-0.1, -0.05) is 30.3 Å². The van der Waals surface area contributed by atoms with Crippen molar-refractivity contribution in [2.24, 2.45) is 0 Å². The number of aromatic amines is 1. The van der Waals surface area contributed by atoms with E-state index in [2.05, 4.69) is 11.1 Å². The van der Waals surface area contributed by atoms with E-state index in [1.165, 1.54) is 9.80 Å². The molecule has 0 unspecified atom stereocenters. The number of carbonyl (C=O) groups excluding carboxylic acids is 3. The van der Waals surface area contributed by atoms with Crippen LogP contribution in [0.1, 0.15) is 22.5 Å². The Hall–Kier alpha value is -4.07. The predicted octanol–water partition coefficient (Wildman–Crippen LogP) is 2.91. The molecule has 34 heavy (non-hydrogen) atoms. The predicted molar refractivity (Wildman–Crippen MR) is 130 cm³/mol. The van der Waals surface area contributed by atoms with Gasteiger partial charge in [-0.3, -0.25) is 19.3 Å². The molecule has 0 aliphatic carbocycles. The van der Waals surface area contributed by atoms with E-state index < -0.39 is 0 Å². The number of ether oxygens (including phenoxy) is 1. The number of hydrogen-bond donors (Lipinski definition) is 1. The number of benzene rings is 2. The van der Waals surface area contributed by atoms with Crippen LogP contribution in [-0.4, -0.2) is 72.8 Å². The van der Waals surface area contributed by atoms with Gasteiger partial charge < -0.3 is 19.5 Å². The third-order valence-electron chi connectivity index (χ3n) is 6.24. The minimum absolute atomic E-state index is 0.0157. The van der Waals surface area contributed by atoms with Crippen LogP contribution in [0.5, 0.6) is 5.75 Å². The van der Waals surface area contributed by atoms with Crippen LogP contribution in [0.4, 0.5) is 5.69 Å². The van der Waals surface area contributed by atoms with Crippen LogP contribution in [0.15, 0.2) is 54.6 Å². The number of fused-ring (bicyclic) bond motifs is 2. The van der Waals surface area contributed by atoms with Gasteiger partial charge in [-0.2, -0.15) is 0 Å². The van der Waals surface area contributed by atoms with Crippen LogP contribution < -0.4 is 9.64 Å². The van der Waals surface area contributed by atoms with Gasteiger partial charge in [0.25, 0.3) is 11.8 Å². The van der Waals surface area contributed by atoms with Crippen molar-refractivity contribution in [2.75, 3.05) is 45.2 Å². The maximum atomic E-state index is 13.2. The summed E-state index contributed by atoms with van der Waals surface area (Å²) in [5.74, 6) is 0.210. The molecule has 0 fully saturated rings. The second-order valence-electron chi connectivity index (χ2n) is 8.75. The lowest BCUT2D eigenvalue weighted by molar-refractivity contribution is -0.131. The van der Waals surface area contributed by atoms with Gasteiger partial charge in [-0.05, 0) is 41.8 Å². The first-order chi connectivity index (χ1) is 16.4. The molecular formula is C26H26N4O4. The number of aromatic nitrogens is 1. The number of carbonyl (C=O) groups is 3. The number of amides is 3. The third-order valence-corrected chi connectivity index (χ3v) is 6.24. The number of anilines is 1. The molecule has 0 atom stereocenters. The molecule has 0 bridgehead atoms. The summed E-state index contributed by atoms with van der Waals surface area (Å²) >= 11 is 0. The molecule has 174 valence electrons. The van der Waals surface area contributed by atoms with Gasteiger partial charge in [-0.25, -0.2) is 0 Å². The van der Waals surface area contributed by atoms with Crippen molar-refractivity contribution in [3.8, 4) is 5.75 Å². The molecule has 3 amide bonds. The zero-order chi connectivity index (χ0) is 23.8. The molecule has 1 aromatic heterocycles. The fraction of sp³-hybridized carbons (Fsp3) is 0.269. The molecule has 8 nitrogen and oxygen atoms in total. The van der Waals surface area contributed by atoms with Crippen molar-refractivity contribution in [2.45, 2.75) is 6.42 Å². The maximum absolute atomic E-state index is 13.2. The monoisotopic (exact) mass is 458 g/mol. The Labute approximate surface area is 197 Å². The maximum Gasteiger partial charge on any atom is 0.269 e. The molecule has 0 saturated heterocycles. The quantitative estimate of drug-likeness (QED) is 0.652. The molecule has 3 heterocycles.